The number of nitrogens with zero attached hydrogens (tertiary/aromatic N) is 1. The molecule has 0 aliphatic rings. The third-order valence-electron chi connectivity index (χ3n) is 3.43. The molecule has 1 aromatic heterocycles. The average Bonchev–Trinajstić information content (AvgIpc) is 2.64. The van der Waals surface area contributed by atoms with Gasteiger partial charge in [0.1, 0.15) is 18.1 Å². The summed E-state index contributed by atoms with van der Waals surface area (Å²) in [5.74, 6) is 1.87. The maximum absolute atomic E-state index is 12.1. The summed E-state index contributed by atoms with van der Waals surface area (Å²) in [6, 6.07) is 9.22. The number of carbonyl (C=O) groups is 1. The number of benzene rings is 1. The largest absolute Gasteiger partial charge is 0.497 e. The summed E-state index contributed by atoms with van der Waals surface area (Å²) in [6.07, 6.45) is 3.25. The van der Waals surface area contributed by atoms with Gasteiger partial charge in [0, 0.05) is 25.5 Å². The molecule has 1 aromatic carbocycles. The lowest BCUT2D eigenvalue weighted by Gasteiger charge is -2.11. The Morgan fingerprint density at radius 3 is 2.56 bits per heavy atom. The smallest absolute Gasteiger partial charge is 0.252 e. The predicted octanol–water partition coefficient (Wildman–Crippen LogP) is 2.97. The van der Waals surface area contributed by atoms with Gasteiger partial charge in [-0.15, -0.1) is 0 Å². The van der Waals surface area contributed by atoms with Crippen LogP contribution in [0.5, 0.6) is 11.5 Å². The standard InChI is InChI=1S/C19H25N3O3/c1-14(2)11-22-19(23)15-10-16(13-20-12-15)21-8-9-25-18-6-4-17(24-3)5-7-18/h4-7,10,12-14,21H,8-9,11H2,1-3H3,(H,22,23). The van der Waals surface area contributed by atoms with Gasteiger partial charge in [-0.3, -0.25) is 9.78 Å². The normalized spacial score (nSPS) is 10.4. The summed E-state index contributed by atoms with van der Waals surface area (Å²) in [4.78, 5) is 16.2. The first-order chi connectivity index (χ1) is 12.1. The predicted molar refractivity (Wildman–Crippen MR) is 98.4 cm³/mol. The maximum Gasteiger partial charge on any atom is 0.252 e. The fraction of sp³-hybridized carbons (Fsp3) is 0.368. The minimum atomic E-state index is -0.112. The number of carbonyl (C=O) groups excluding carboxylic acids is 1. The number of methoxy groups -OCH3 is 1. The zero-order chi connectivity index (χ0) is 18.1. The third kappa shape index (κ3) is 6.33. The van der Waals surface area contributed by atoms with Crippen molar-refractivity contribution in [3.8, 4) is 11.5 Å². The first-order valence-corrected chi connectivity index (χ1v) is 8.32. The van der Waals surface area contributed by atoms with Crippen molar-refractivity contribution >= 4 is 11.6 Å². The average molecular weight is 343 g/mol. The fourth-order valence-corrected chi connectivity index (χ4v) is 2.10. The zero-order valence-corrected chi connectivity index (χ0v) is 14.9. The maximum atomic E-state index is 12.1. The van der Waals surface area contributed by atoms with Crippen molar-refractivity contribution in [1.29, 1.82) is 0 Å². The van der Waals surface area contributed by atoms with E-state index in [1.807, 2.05) is 24.3 Å². The SMILES string of the molecule is COc1ccc(OCCNc2cncc(C(=O)NCC(C)C)c2)cc1. The number of anilines is 1. The second kappa shape index (κ2) is 9.52. The van der Waals surface area contributed by atoms with E-state index in [1.54, 1.807) is 25.6 Å². The van der Waals surface area contributed by atoms with E-state index in [9.17, 15) is 4.79 Å². The van der Waals surface area contributed by atoms with E-state index in [1.165, 1.54) is 0 Å². The summed E-state index contributed by atoms with van der Waals surface area (Å²) < 4.78 is 10.8. The number of amides is 1. The highest BCUT2D eigenvalue weighted by atomic mass is 16.5. The second-order valence-corrected chi connectivity index (χ2v) is 6.02. The van der Waals surface area contributed by atoms with Crippen molar-refractivity contribution in [1.82, 2.24) is 10.3 Å². The van der Waals surface area contributed by atoms with Crippen LogP contribution in [0.3, 0.4) is 0 Å². The Labute approximate surface area is 148 Å². The molecular formula is C19H25N3O3. The molecular weight excluding hydrogens is 318 g/mol. The van der Waals surface area contributed by atoms with Gasteiger partial charge < -0.3 is 20.1 Å². The molecule has 0 fully saturated rings. The van der Waals surface area contributed by atoms with E-state index in [2.05, 4.69) is 29.5 Å². The van der Waals surface area contributed by atoms with Crippen molar-refractivity contribution in [2.24, 2.45) is 5.92 Å². The number of nitrogens with one attached hydrogen (secondary N) is 2. The van der Waals surface area contributed by atoms with Crippen molar-refractivity contribution < 1.29 is 14.3 Å². The number of rotatable bonds is 9. The van der Waals surface area contributed by atoms with Gasteiger partial charge >= 0.3 is 0 Å². The molecule has 2 N–H and O–H groups in total. The van der Waals surface area contributed by atoms with Crippen LogP contribution in [-0.2, 0) is 0 Å². The lowest BCUT2D eigenvalue weighted by Crippen LogP contribution is -2.27. The summed E-state index contributed by atoms with van der Waals surface area (Å²) in [5.41, 5.74) is 1.33. The van der Waals surface area contributed by atoms with Crippen molar-refractivity contribution in [3.63, 3.8) is 0 Å². The van der Waals surface area contributed by atoms with Crippen LogP contribution in [0.1, 0.15) is 24.2 Å². The van der Waals surface area contributed by atoms with E-state index in [0.29, 0.717) is 31.2 Å². The monoisotopic (exact) mass is 343 g/mol. The minimum absolute atomic E-state index is 0.112. The molecule has 1 amide bonds. The number of pyridine rings is 1. The molecule has 6 heteroatoms. The van der Waals surface area contributed by atoms with Gasteiger partial charge in [-0.2, -0.15) is 0 Å². The Morgan fingerprint density at radius 2 is 1.88 bits per heavy atom. The summed E-state index contributed by atoms with van der Waals surface area (Å²) in [5, 5.41) is 6.09. The van der Waals surface area contributed by atoms with Gasteiger partial charge in [-0.25, -0.2) is 0 Å². The molecule has 0 atom stereocenters. The van der Waals surface area contributed by atoms with Crippen LogP contribution in [0.25, 0.3) is 0 Å². The zero-order valence-electron chi connectivity index (χ0n) is 14.9. The lowest BCUT2D eigenvalue weighted by atomic mass is 10.2. The Morgan fingerprint density at radius 1 is 1.16 bits per heavy atom. The molecule has 2 aromatic rings. The molecule has 1 heterocycles. The van der Waals surface area contributed by atoms with Crippen LogP contribution >= 0.6 is 0 Å². The quantitative estimate of drug-likeness (QED) is 0.685. The van der Waals surface area contributed by atoms with Crippen LogP contribution in [0, 0.1) is 5.92 Å². The van der Waals surface area contributed by atoms with E-state index in [4.69, 9.17) is 9.47 Å². The molecule has 0 saturated carbocycles. The Balaban J connectivity index is 1.78. The molecule has 0 bridgehead atoms. The number of aromatic nitrogens is 1. The van der Waals surface area contributed by atoms with Crippen LogP contribution in [0.15, 0.2) is 42.7 Å². The highest BCUT2D eigenvalue weighted by Crippen LogP contribution is 2.17. The van der Waals surface area contributed by atoms with Gasteiger partial charge in [0.25, 0.3) is 5.91 Å². The molecule has 0 radical (unpaired) electrons. The van der Waals surface area contributed by atoms with Crippen LogP contribution < -0.4 is 20.1 Å². The molecule has 25 heavy (non-hydrogen) atoms. The van der Waals surface area contributed by atoms with E-state index >= 15 is 0 Å². The first kappa shape index (κ1) is 18.6. The highest BCUT2D eigenvalue weighted by molar-refractivity contribution is 5.94. The Kier molecular flexibility index (Phi) is 7.07. The van der Waals surface area contributed by atoms with Crippen molar-refractivity contribution in [2.75, 3.05) is 32.1 Å². The van der Waals surface area contributed by atoms with Gasteiger partial charge in [-0.1, -0.05) is 13.8 Å². The lowest BCUT2D eigenvalue weighted by molar-refractivity contribution is 0.0948. The third-order valence-corrected chi connectivity index (χ3v) is 3.43. The van der Waals surface area contributed by atoms with Crippen LogP contribution in [-0.4, -0.2) is 37.7 Å². The molecule has 0 unspecified atom stereocenters. The molecule has 0 aliphatic carbocycles. The molecule has 6 nitrogen and oxygen atoms in total. The molecule has 0 saturated heterocycles. The van der Waals surface area contributed by atoms with Gasteiger partial charge in [0.2, 0.25) is 0 Å². The van der Waals surface area contributed by atoms with E-state index < -0.39 is 0 Å². The van der Waals surface area contributed by atoms with E-state index in [-0.39, 0.29) is 5.91 Å². The number of ether oxygens (including phenoxy) is 2. The fourth-order valence-electron chi connectivity index (χ4n) is 2.10. The van der Waals surface area contributed by atoms with E-state index in [0.717, 1.165) is 17.2 Å². The molecule has 0 spiro atoms. The molecule has 134 valence electrons. The molecule has 0 aliphatic heterocycles. The highest BCUT2D eigenvalue weighted by Gasteiger charge is 2.07. The topological polar surface area (TPSA) is 72.5 Å². The van der Waals surface area contributed by atoms with Crippen LogP contribution in [0.2, 0.25) is 0 Å². The summed E-state index contributed by atoms with van der Waals surface area (Å²) in [6.45, 7) is 5.85. The Hall–Kier alpha value is -2.76. The molecule has 2 rings (SSSR count). The minimum Gasteiger partial charge on any atom is -0.497 e. The number of hydrogen-bond donors (Lipinski definition) is 2. The first-order valence-electron chi connectivity index (χ1n) is 8.32. The second-order valence-electron chi connectivity index (χ2n) is 6.02. The van der Waals surface area contributed by atoms with Crippen molar-refractivity contribution in [3.05, 3.63) is 48.3 Å². The summed E-state index contributed by atoms with van der Waals surface area (Å²) in [7, 11) is 1.63. The number of hydrogen-bond acceptors (Lipinski definition) is 5. The summed E-state index contributed by atoms with van der Waals surface area (Å²) >= 11 is 0. The van der Waals surface area contributed by atoms with Gasteiger partial charge in [0.05, 0.1) is 18.4 Å². The van der Waals surface area contributed by atoms with Gasteiger partial charge in [-0.05, 0) is 36.2 Å². The van der Waals surface area contributed by atoms with Gasteiger partial charge in [0.15, 0.2) is 0 Å². The van der Waals surface area contributed by atoms with Crippen LogP contribution in [0.4, 0.5) is 5.69 Å². The van der Waals surface area contributed by atoms with Crippen molar-refractivity contribution in [2.45, 2.75) is 13.8 Å². The Bertz CT molecular complexity index is 672.